The molecule has 0 fully saturated rings. The SMILES string of the molecule is CC(N)C(=O)N(C)Cc1cc(F)c(F)c(F)c1.Cl. The van der Waals surface area contributed by atoms with Crippen molar-refractivity contribution in [2.75, 3.05) is 7.05 Å². The second kappa shape index (κ2) is 6.61. The van der Waals surface area contributed by atoms with E-state index in [1.165, 1.54) is 18.9 Å². The van der Waals surface area contributed by atoms with E-state index in [4.69, 9.17) is 5.73 Å². The average Bonchev–Trinajstić information content (AvgIpc) is 2.24. The highest BCUT2D eigenvalue weighted by Gasteiger charge is 2.16. The summed E-state index contributed by atoms with van der Waals surface area (Å²) in [6.45, 7) is 1.47. The monoisotopic (exact) mass is 282 g/mol. The van der Waals surface area contributed by atoms with E-state index in [1.807, 2.05) is 0 Å². The molecule has 0 aliphatic rings. The van der Waals surface area contributed by atoms with Crippen LogP contribution in [0.5, 0.6) is 0 Å². The minimum Gasteiger partial charge on any atom is -0.340 e. The minimum atomic E-state index is -1.52. The van der Waals surface area contributed by atoms with Crippen LogP contribution in [-0.2, 0) is 11.3 Å². The first kappa shape index (κ1) is 16.7. The van der Waals surface area contributed by atoms with Gasteiger partial charge in [-0.25, -0.2) is 13.2 Å². The summed E-state index contributed by atoms with van der Waals surface area (Å²) in [5.41, 5.74) is 5.54. The fourth-order valence-corrected chi connectivity index (χ4v) is 1.40. The van der Waals surface area contributed by atoms with Gasteiger partial charge in [-0.15, -0.1) is 12.4 Å². The van der Waals surface area contributed by atoms with Crippen molar-refractivity contribution >= 4 is 18.3 Å². The molecule has 0 heterocycles. The predicted octanol–water partition coefficient (Wildman–Crippen LogP) is 1.83. The highest BCUT2D eigenvalue weighted by atomic mass is 35.5. The van der Waals surface area contributed by atoms with Crippen molar-refractivity contribution in [3.05, 3.63) is 35.1 Å². The molecule has 0 saturated heterocycles. The van der Waals surface area contributed by atoms with Gasteiger partial charge in [0.25, 0.3) is 0 Å². The maximum absolute atomic E-state index is 12.9. The summed E-state index contributed by atoms with van der Waals surface area (Å²) in [5.74, 6) is -4.44. The van der Waals surface area contributed by atoms with Gasteiger partial charge in [-0.1, -0.05) is 0 Å². The Labute approximate surface area is 109 Å². The molecule has 0 saturated carbocycles. The van der Waals surface area contributed by atoms with E-state index in [0.29, 0.717) is 0 Å². The molecule has 1 aromatic carbocycles. The molecule has 102 valence electrons. The summed E-state index contributed by atoms with van der Waals surface area (Å²) in [7, 11) is 1.45. The molecule has 0 bridgehead atoms. The van der Waals surface area contributed by atoms with Crippen LogP contribution in [-0.4, -0.2) is 23.9 Å². The lowest BCUT2D eigenvalue weighted by atomic mass is 10.2. The zero-order valence-corrected chi connectivity index (χ0v) is 10.7. The molecule has 1 rings (SSSR count). The zero-order chi connectivity index (χ0) is 13.2. The lowest BCUT2D eigenvalue weighted by Gasteiger charge is -2.19. The van der Waals surface area contributed by atoms with E-state index in [9.17, 15) is 18.0 Å². The van der Waals surface area contributed by atoms with Crippen LogP contribution >= 0.6 is 12.4 Å². The van der Waals surface area contributed by atoms with Gasteiger partial charge in [-0.05, 0) is 24.6 Å². The number of nitrogens with two attached hydrogens (primary N) is 1. The van der Waals surface area contributed by atoms with Gasteiger partial charge in [-0.2, -0.15) is 0 Å². The van der Waals surface area contributed by atoms with Gasteiger partial charge in [0.15, 0.2) is 17.5 Å². The molecule has 18 heavy (non-hydrogen) atoms. The van der Waals surface area contributed by atoms with Crippen molar-refractivity contribution in [1.29, 1.82) is 0 Å². The first-order chi connectivity index (χ1) is 7.82. The fraction of sp³-hybridized carbons (Fsp3) is 0.364. The first-order valence-electron chi connectivity index (χ1n) is 4.97. The number of nitrogens with zero attached hydrogens (tertiary/aromatic N) is 1. The Kier molecular flexibility index (Phi) is 6.14. The molecule has 0 aromatic heterocycles. The molecule has 0 aliphatic carbocycles. The Morgan fingerprint density at radius 2 is 1.78 bits per heavy atom. The van der Waals surface area contributed by atoms with Gasteiger partial charge in [-0.3, -0.25) is 4.79 Å². The molecule has 2 N–H and O–H groups in total. The number of halogens is 4. The Bertz CT molecular complexity index is 417. The summed E-state index contributed by atoms with van der Waals surface area (Å²) >= 11 is 0. The van der Waals surface area contributed by atoms with Gasteiger partial charge < -0.3 is 10.6 Å². The van der Waals surface area contributed by atoms with Crippen molar-refractivity contribution < 1.29 is 18.0 Å². The van der Waals surface area contributed by atoms with E-state index < -0.39 is 23.5 Å². The van der Waals surface area contributed by atoms with Crippen molar-refractivity contribution in [3.8, 4) is 0 Å². The van der Waals surface area contributed by atoms with Gasteiger partial charge in [0, 0.05) is 13.6 Å². The number of carbonyl (C=O) groups is 1. The number of hydrogen-bond donors (Lipinski definition) is 1. The van der Waals surface area contributed by atoms with Crippen LogP contribution in [0.3, 0.4) is 0 Å². The summed E-state index contributed by atoms with van der Waals surface area (Å²) < 4.78 is 38.5. The Morgan fingerprint density at radius 3 is 2.17 bits per heavy atom. The second-order valence-corrected chi connectivity index (χ2v) is 3.86. The van der Waals surface area contributed by atoms with E-state index in [0.717, 1.165) is 12.1 Å². The molecule has 0 spiro atoms. The summed E-state index contributed by atoms with van der Waals surface area (Å²) in [6.07, 6.45) is 0. The summed E-state index contributed by atoms with van der Waals surface area (Å²) in [4.78, 5) is 12.6. The molecular formula is C11H14ClF3N2O. The molecule has 1 unspecified atom stereocenters. The predicted molar refractivity (Wildman–Crippen MR) is 63.7 cm³/mol. The Morgan fingerprint density at radius 1 is 1.33 bits per heavy atom. The zero-order valence-electron chi connectivity index (χ0n) is 9.91. The molecule has 1 amide bonds. The standard InChI is InChI=1S/C11H13F3N2O.ClH/c1-6(15)11(17)16(2)5-7-3-8(12)10(14)9(13)4-7;/h3-4,6H,5,15H2,1-2H3;1H. The van der Waals surface area contributed by atoms with Crippen molar-refractivity contribution in [1.82, 2.24) is 4.90 Å². The highest BCUT2D eigenvalue weighted by Crippen LogP contribution is 2.14. The summed E-state index contributed by atoms with van der Waals surface area (Å²) in [6, 6.07) is 1.00. The highest BCUT2D eigenvalue weighted by molar-refractivity contribution is 5.85. The van der Waals surface area contributed by atoms with Crippen LogP contribution in [0.25, 0.3) is 0 Å². The summed E-state index contributed by atoms with van der Waals surface area (Å²) in [5, 5.41) is 0. The van der Waals surface area contributed by atoms with E-state index in [-0.39, 0.29) is 30.4 Å². The molecular weight excluding hydrogens is 269 g/mol. The van der Waals surface area contributed by atoms with Crippen molar-refractivity contribution in [2.24, 2.45) is 5.73 Å². The van der Waals surface area contributed by atoms with Crippen LogP contribution in [0.4, 0.5) is 13.2 Å². The van der Waals surface area contributed by atoms with Gasteiger partial charge in [0.1, 0.15) is 0 Å². The van der Waals surface area contributed by atoms with Crippen LogP contribution in [0, 0.1) is 17.5 Å². The number of amides is 1. The molecule has 0 radical (unpaired) electrons. The molecule has 7 heteroatoms. The molecule has 1 aromatic rings. The number of benzene rings is 1. The Hall–Kier alpha value is -1.27. The second-order valence-electron chi connectivity index (χ2n) is 3.86. The number of likely N-dealkylation sites (N-methyl/N-ethyl adjacent to an activating group) is 1. The normalized spacial score (nSPS) is 11.7. The van der Waals surface area contributed by atoms with Crippen LogP contribution < -0.4 is 5.73 Å². The average molecular weight is 283 g/mol. The van der Waals surface area contributed by atoms with Crippen LogP contribution in [0.15, 0.2) is 12.1 Å². The Balaban J connectivity index is 0.00000289. The lowest BCUT2D eigenvalue weighted by molar-refractivity contribution is -0.131. The first-order valence-corrected chi connectivity index (χ1v) is 4.97. The van der Waals surface area contributed by atoms with Gasteiger partial charge in [0.2, 0.25) is 5.91 Å². The van der Waals surface area contributed by atoms with Crippen molar-refractivity contribution in [3.63, 3.8) is 0 Å². The van der Waals surface area contributed by atoms with E-state index >= 15 is 0 Å². The van der Waals surface area contributed by atoms with Crippen molar-refractivity contribution in [2.45, 2.75) is 19.5 Å². The molecule has 0 aliphatic heterocycles. The third kappa shape index (κ3) is 3.89. The van der Waals surface area contributed by atoms with E-state index in [1.54, 1.807) is 0 Å². The molecule has 3 nitrogen and oxygen atoms in total. The molecule has 1 atom stereocenters. The topological polar surface area (TPSA) is 46.3 Å². The van der Waals surface area contributed by atoms with Gasteiger partial charge in [0.05, 0.1) is 6.04 Å². The third-order valence-corrected chi connectivity index (χ3v) is 2.23. The smallest absolute Gasteiger partial charge is 0.239 e. The third-order valence-electron chi connectivity index (χ3n) is 2.23. The number of hydrogen-bond acceptors (Lipinski definition) is 2. The maximum Gasteiger partial charge on any atom is 0.239 e. The van der Waals surface area contributed by atoms with Crippen LogP contribution in [0.2, 0.25) is 0 Å². The largest absolute Gasteiger partial charge is 0.340 e. The fourth-order valence-electron chi connectivity index (χ4n) is 1.40. The quantitative estimate of drug-likeness (QED) is 0.860. The van der Waals surface area contributed by atoms with E-state index in [2.05, 4.69) is 0 Å². The lowest BCUT2D eigenvalue weighted by Crippen LogP contribution is -2.39. The maximum atomic E-state index is 12.9. The number of rotatable bonds is 3. The minimum absolute atomic E-state index is 0. The number of carbonyl (C=O) groups excluding carboxylic acids is 1. The van der Waals surface area contributed by atoms with Crippen LogP contribution in [0.1, 0.15) is 12.5 Å². The van der Waals surface area contributed by atoms with Gasteiger partial charge >= 0.3 is 0 Å².